The second-order valence-corrected chi connectivity index (χ2v) is 5.55. The van der Waals surface area contributed by atoms with Crippen molar-refractivity contribution in [2.75, 3.05) is 23.3 Å². The van der Waals surface area contributed by atoms with Gasteiger partial charge in [0.25, 0.3) is 0 Å². The van der Waals surface area contributed by atoms with E-state index in [1.54, 1.807) is 6.92 Å². The SMILES string of the molecule is Cc1nc(N)nc(NCC2CCCS2)c1[N+](=O)[O-]. The number of nitrogen functional groups attached to an aromatic ring is 1. The minimum atomic E-state index is -0.473. The zero-order valence-corrected chi connectivity index (χ0v) is 10.9. The number of aromatic nitrogens is 2. The second kappa shape index (κ2) is 5.38. The topological polar surface area (TPSA) is 107 Å². The van der Waals surface area contributed by atoms with Crippen molar-refractivity contribution in [3.63, 3.8) is 0 Å². The van der Waals surface area contributed by atoms with Gasteiger partial charge in [-0.15, -0.1) is 0 Å². The highest BCUT2D eigenvalue weighted by molar-refractivity contribution is 8.00. The highest BCUT2D eigenvalue weighted by Gasteiger charge is 2.23. The Labute approximate surface area is 109 Å². The Morgan fingerprint density at radius 2 is 2.39 bits per heavy atom. The highest BCUT2D eigenvalue weighted by atomic mass is 32.2. The lowest BCUT2D eigenvalue weighted by atomic mass is 10.2. The Kier molecular flexibility index (Phi) is 3.85. The lowest BCUT2D eigenvalue weighted by Crippen LogP contribution is -2.17. The molecule has 0 aliphatic carbocycles. The summed E-state index contributed by atoms with van der Waals surface area (Å²) in [5.41, 5.74) is 5.72. The number of aryl methyl sites for hydroxylation is 1. The van der Waals surface area contributed by atoms with Crippen LogP contribution >= 0.6 is 11.8 Å². The molecule has 18 heavy (non-hydrogen) atoms. The zero-order chi connectivity index (χ0) is 13.1. The summed E-state index contributed by atoms with van der Waals surface area (Å²) in [6.07, 6.45) is 2.33. The predicted molar refractivity (Wildman–Crippen MR) is 71.8 cm³/mol. The van der Waals surface area contributed by atoms with Gasteiger partial charge in [-0.3, -0.25) is 10.1 Å². The molecule has 1 fully saturated rings. The third-order valence-corrected chi connectivity index (χ3v) is 4.18. The number of nitrogens with zero attached hydrogens (tertiary/aromatic N) is 3. The Morgan fingerprint density at radius 1 is 1.61 bits per heavy atom. The van der Waals surface area contributed by atoms with Gasteiger partial charge in [0.2, 0.25) is 11.8 Å². The van der Waals surface area contributed by atoms with E-state index in [1.807, 2.05) is 11.8 Å². The van der Waals surface area contributed by atoms with Crippen LogP contribution in [0.2, 0.25) is 0 Å². The van der Waals surface area contributed by atoms with Crippen LogP contribution in [0.1, 0.15) is 18.5 Å². The van der Waals surface area contributed by atoms with Gasteiger partial charge in [0.15, 0.2) is 0 Å². The molecule has 8 heteroatoms. The molecule has 0 saturated carbocycles. The summed E-state index contributed by atoms with van der Waals surface area (Å²) in [6, 6.07) is 0. The predicted octanol–water partition coefficient (Wildman–Crippen LogP) is 1.58. The number of nitro groups is 1. The van der Waals surface area contributed by atoms with Crippen molar-refractivity contribution < 1.29 is 4.92 Å². The van der Waals surface area contributed by atoms with Gasteiger partial charge in [0.1, 0.15) is 5.69 Å². The molecule has 1 atom stereocenters. The van der Waals surface area contributed by atoms with E-state index < -0.39 is 4.92 Å². The lowest BCUT2D eigenvalue weighted by molar-refractivity contribution is -0.385. The van der Waals surface area contributed by atoms with Crippen LogP contribution in [0.25, 0.3) is 0 Å². The van der Waals surface area contributed by atoms with E-state index >= 15 is 0 Å². The van der Waals surface area contributed by atoms with Crippen LogP contribution in [0.4, 0.5) is 17.5 Å². The second-order valence-electron chi connectivity index (χ2n) is 4.14. The van der Waals surface area contributed by atoms with Crippen LogP contribution in [-0.4, -0.2) is 32.4 Å². The molecule has 1 aliphatic heterocycles. The number of anilines is 2. The van der Waals surface area contributed by atoms with Crippen LogP contribution in [0.5, 0.6) is 0 Å². The molecule has 1 aromatic rings. The Bertz CT molecular complexity index is 462. The average molecular weight is 269 g/mol. The van der Waals surface area contributed by atoms with Crippen LogP contribution in [0.15, 0.2) is 0 Å². The summed E-state index contributed by atoms with van der Waals surface area (Å²) in [7, 11) is 0. The van der Waals surface area contributed by atoms with Gasteiger partial charge in [-0.05, 0) is 25.5 Å². The van der Waals surface area contributed by atoms with Crippen molar-refractivity contribution in [3.05, 3.63) is 15.8 Å². The van der Waals surface area contributed by atoms with Gasteiger partial charge < -0.3 is 11.1 Å². The molecule has 1 saturated heterocycles. The Morgan fingerprint density at radius 3 is 3.00 bits per heavy atom. The maximum absolute atomic E-state index is 11.0. The average Bonchev–Trinajstić information content (AvgIpc) is 2.77. The fourth-order valence-electron chi connectivity index (χ4n) is 1.95. The van der Waals surface area contributed by atoms with Crippen molar-refractivity contribution in [3.8, 4) is 0 Å². The van der Waals surface area contributed by atoms with E-state index in [2.05, 4.69) is 15.3 Å². The minimum Gasteiger partial charge on any atom is -0.368 e. The summed E-state index contributed by atoms with van der Waals surface area (Å²) < 4.78 is 0. The molecule has 2 rings (SSSR count). The largest absolute Gasteiger partial charge is 0.368 e. The number of nitrogens with one attached hydrogen (secondary N) is 1. The molecule has 98 valence electrons. The maximum atomic E-state index is 11.0. The van der Waals surface area contributed by atoms with Crippen LogP contribution in [-0.2, 0) is 0 Å². The van der Waals surface area contributed by atoms with Gasteiger partial charge >= 0.3 is 5.69 Å². The molecule has 1 aliphatic rings. The smallest absolute Gasteiger partial charge is 0.332 e. The third-order valence-electron chi connectivity index (χ3n) is 2.78. The first-order valence-corrected chi connectivity index (χ1v) is 6.77. The normalized spacial score (nSPS) is 18.8. The Balaban J connectivity index is 2.16. The highest BCUT2D eigenvalue weighted by Crippen LogP contribution is 2.29. The summed E-state index contributed by atoms with van der Waals surface area (Å²) in [4.78, 5) is 18.3. The van der Waals surface area contributed by atoms with E-state index in [1.165, 1.54) is 6.42 Å². The third kappa shape index (κ3) is 2.81. The standard InChI is InChI=1S/C10H15N5O2S/c1-6-8(15(16)17)9(14-10(11)13-6)12-5-7-3-2-4-18-7/h7H,2-5H2,1H3,(H3,11,12,13,14). The maximum Gasteiger partial charge on any atom is 0.332 e. The van der Waals surface area contributed by atoms with Gasteiger partial charge in [-0.25, -0.2) is 4.98 Å². The lowest BCUT2D eigenvalue weighted by Gasteiger charge is -2.11. The van der Waals surface area contributed by atoms with E-state index in [0.717, 1.165) is 12.2 Å². The molecular weight excluding hydrogens is 254 g/mol. The van der Waals surface area contributed by atoms with Gasteiger partial charge in [-0.1, -0.05) is 0 Å². The van der Waals surface area contributed by atoms with Gasteiger partial charge in [0.05, 0.1) is 4.92 Å². The molecule has 1 unspecified atom stereocenters. The number of nitrogens with two attached hydrogens (primary N) is 1. The molecule has 0 amide bonds. The number of rotatable bonds is 4. The fourth-order valence-corrected chi connectivity index (χ4v) is 3.15. The molecule has 3 N–H and O–H groups in total. The molecule has 0 radical (unpaired) electrons. The van der Waals surface area contributed by atoms with E-state index in [-0.39, 0.29) is 23.1 Å². The van der Waals surface area contributed by atoms with Crippen LogP contribution in [0, 0.1) is 17.0 Å². The summed E-state index contributed by atoms with van der Waals surface area (Å²) in [5, 5.41) is 14.5. The van der Waals surface area contributed by atoms with Crippen molar-refractivity contribution >= 4 is 29.2 Å². The first kappa shape index (κ1) is 12.9. The number of thioether (sulfide) groups is 1. The fraction of sp³-hybridized carbons (Fsp3) is 0.600. The van der Waals surface area contributed by atoms with E-state index in [4.69, 9.17) is 5.73 Å². The summed E-state index contributed by atoms with van der Waals surface area (Å²) >= 11 is 1.88. The first-order chi connectivity index (χ1) is 8.58. The molecule has 0 bridgehead atoms. The molecule has 7 nitrogen and oxygen atoms in total. The van der Waals surface area contributed by atoms with Crippen molar-refractivity contribution in [2.45, 2.75) is 25.0 Å². The summed E-state index contributed by atoms with van der Waals surface area (Å²) in [6.45, 7) is 2.23. The van der Waals surface area contributed by atoms with Crippen LogP contribution < -0.4 is 11.1 Å². The minimum absolute atomic E-state index is 0.0553. The van der Waals surface area contributed by atoms with Gasteiger partial charge in [0, 0.05) is 11.8 Å². The molecular formula is C10H15N5O2S. The number of hydrogen-bond acceptors (Lipinski definition) is 7. The summed E-state index contributed by atoms with van der Waals surface area (Å²) in [5.74, 6) is 1.43. The molecule has 0 aromatic carbocycles. The van der Waals surface area contributed by atoms with E-state index in [9.17, 15) is 10.1 Å². The quantitative estimate of drug-likeness (QED) is 0.631. The molecule has 0 spiro atoms. The first-order valence-electron chi connectivity index (χ1n) is 5.72. The molecule has 2 heterocycles. The van der Waals surface area contributed by atoms with Crippen LogP contribution in [0.3, 0.4) is 0 Å². The molecule has 1 aromatic heterocycles. The van der Waals surface area contributed by atoms with Crippen molar-refractivity contribution in [1.82, 2.24) is 9.97 Å². The van der Waals surface area contributed by atoms with E-state index in [0.29, 0.717) is 11.8 Å². The zero-order valence-electron chi connectivity index (χ0n) is 10.0. The Hall–Kier alpha value is -1.57. The number of hydrogen-bond donors (Lipinski definition) is 2. The van der Waals surface area contributed by atoms with Crippen molar-refractivity contribution in [2.24, 2.45) is 0 Å². The van der Waals surface area contributed by atoms with Gasteiger partial charge in [-0.2, -0.15) is 16.7 Å². The monoisotopic (exact) mass is 269 g/mol. The van der Waals surface area contributed by atoms with Crippen molar-refractivity contribution in [1.29, 1.82) is 0 Å².